The molecule has 1 aromatic heterocycles. The van der Waals surface area contributed by atoms with Gasteiger partial charge in [0.15, 0.2) is 0 Å². The van der Waals surface area contributed by atoms with Gasteiger partial charge in [-0.3, -0.25) is 9.88 Å². The summed E-state index contributed by atoms with van der Waals surface area (Å²) >= 11 is 0. The van der Waals surface area contributed by atoms with E-state index in [-0.39, 0.29) is 5.41 Å². The molecule has 0 bridgehead atoms. The van der Waals surface area contributed by atoms with E-state index < -0.39 is 6.09 Å². The second-order valence-corrected chi connectivity index (χ2v) is 5.14. The summed E-state index contributed by atoms with van der Waals surface area (Å²) < 4.78 is 0. The third kappa shape index (κ3) is 1.86. The molecule has 1 amide bonds. The number of aromatic nitrogens is 1. The van der Waals surface area contributed by atoms with Crippen LogP contribution < -0.4 is 0 Å². The minimum Gasteiger partial charge on any atom is -0.465 e. The average Bonchev–Trinajstić information content (AvgIpc) is 2.20. The van der Waals surface area contributed by atoms with Crippen LogP contribution in [0.4, 0.5) is 4.79 Å². The fourth-order valence-electron chi connectivity index (χ4n) is 2.86. The molecule has 2 saturated heterocycles. The predicted octanol–water partition coefficient (Wildman–Crippen LogP) is 0.877. The molecule has 5 heteroatoms. The van der Waals surface area contributed by atoms with Gasteiger partial charge in [0.1, 0.15) is 0 Å². The standard InChI is InChI=1S/C12H15N3O2/c16-11(17)15-8-12(9-15)6-14(7-12)5-10-1-3-13-4-2-10/h1-4H,5-9H2,(H,16,17). The van der Waals surface area contributed by atoms with Crippen molar-refractivity contribution < 1.29 is 9.90 Å². The molecule has 1 N–H and O–H groups in total. The molecule has 0 aromatic carbocycles. The molecule has 2 fully saturated rings. The van der Waals surface area contributed by atoms with Crippen molar-refractivity contribution in [1.29, 1.82) is 0 Å². The Labute approximate surface area is 99.7 Å². The molecule has 0 atom stereocenters. The molecule has 3 rings (SSSR count). The number of pyridine rings is 1. The molecule has 1 aromatic rings. The topological polar surface area (TPSA) is 56.7 Å². The first-order valence-electron chi connectivity index (χ1n) is 5.76. The number of carbonyl (C=O) groups is 1. The first-order chi connectivity index (χ1) is 8.17. The number of hydrogen-bond donors (Lipinski definition) is 1. The van der Waals surface area contributed by atoms with Crippen molar-refractivity contribution in [2.75, 3.05) is 26.2 Å². The third-order valence-corrected chi connectivity index (χ3v) is 3.60. The van der Waals surface area contributed by atoms with Crippen molar-refractivity contribution in [3.8, 4) is 0 Å². The van der Waals surface area contributed by atoms with Gasteiger partial charge in [0.05, 0.1) is 0 Å². The summed E-state index contributed by atoms with van der Waals surface area (Å²) in [4.78, 5) is 18.5. The Morgan fingerprint density at radius 2 is 1.94 bits per heavy atom. The van der Waals surface area contributed by atoms with Gasteiger partial charge >= 0.3 is 6.09 Å². The van der Waals surface area contributed by atoms with E-state index in [4.69, 9.17) is 5.11 Å². The molecule has 90 valence electrons. The minimum atomic E-state index is -0.789. The van der Waals surface area contributed by atoms with Crippen LogP contribution in [0.5, 0.6) is 0 Å². The maximum Gasteiger partial charge on any atom is 0.407 e. The molecule has 2 aliphatic heterocycles. The molecular weight excluding hydrogens is 218 g/mol. The maximum absolute atomic E-state index is 10.7. The fraction of sp³-hybridized carbons (Fsp3) is 0.500. The molecule has 2 aliphatic rings. The van der Waals surface area contributed by atoms with E-state index in [1.807, 2.05) is 12.1 Å². The summed E-state index contributed by atoms with van der Waals surface area (Å²) in [5.41, 5.74) is 1.52. The number of carboxylic acid groups (broad SMARTS) is 1. The lowest BCUT2D eigenvalue weighted by Crippen LogP contribution is -2.72. The summed E-state index contributed by atoms with van der Waals surface area (Å²) in [6, 6.07) is 4.05. The predicted molar refractivity (Wildman–Crippen MR) is 61.5 cm³/mol. The highest BCUT2D eigenvalue weighted by atomic mass is 16.4. The molecule has 0 radical (unpaired) electrons. The van der Waals surface area contributed by atoms with Gasteiger partial charge < -0.3 is 10.0 Å². The van der Waals surface area contributed by atoms with Crippen molar-refractivity contribution in [3.63, 3.8) is 0 Å². The zero-order valence-corrected chi connectivity index (χ0v) is 9.54. The summed E-state index contributed by atoms with van der Waals surface area (Å²) in [5, 5.41) is 8.79. The quantitative estimate of drug-likeness (QED) is 0.823. The minimum absolute atomic E-state index is 0.255. The molecule has 5 nitrogen and oxygen atoms in total. The van der Waals surface area contributed by atoms with Crippen LogP contribution in [0.15, 0.2) is 24.5 Å². The highest BCUT2D eigenvalue weighted by molar-refractivity contribution is 5.66. The molecular formula is C12H15N3O2. The lowest BCUT2D eigenvalue weighted by atomic mass is 9.73. The largest absolute Gasteiger partial charge is 0.465 e. The van der Waals surface area contributed by atoms with Gasteiger partial charge in [0, 0.05) is 50.5 Å². The molecule has 17 heavy (non-hydrogen) atoms. The van der Waals surface area contributed by atoms with Crippen LogP contribution in [0.1, 0.15) is 5.56 Å². The van der Waals surface area contributed by atoms with Crippen LogP contribution in [0.25, 0.3) is 0 Å². The number of hydrogen-bond acceptors (Lipinski definition) is 3. The van der Waals surface area contributed by atoms with E-state index in [2.05, 4.69) is 9.88 Å². The van der Waals surface area contributed by atoms with Gasteiger partial charge in [-0.1, -0.05) is 0 Å². The lowest BCUT2D eigenvalue weighted by molar-refractivity contribution is -0.105. The molecule has 0 saturated carbocycles. The average molecular weight is 233 g/mol. The molecule has 3 heterocycles. The lowest BCUT2D eigenvalue weighted by Gasteiger charge is -2.59. The normalized spacial score (nSPS) is 22.0. The van der Waals surface area contributed by atoms with E-state index in [1.54, 1.807) is 12.4 Å². The molecule has 0 unspecified atom stereocenters. The Balaban J connectivity index is 1.49. The summed E-state index contributed by atoms with van der Waals surface area (Å²) in [6.45, 7) is 4.37. The Bertz CT molecular complexity index is 421. The molecule has 1 spiro atoms. The second-order valence-electron chi connectivity index (χ2n) is 5.14. The van der Waals surface area contributed by atoms with E-state index in [9.17, 15) is 4.79 Å². The van der Waals surface area contributed by atoms with Crippen molar-refractivity contribution in [3.05, 3.63) is 30.1 Å². The van der Waals surface area contributed by atoms with Crippen molar-refractivity contribution in [2.45, 2.75) is 6.54 Å². The van der Waals surface area contributed by atoms with E-state index in [0.717, 1.165) is 19.6 Å². The smallest absolute Gasteiger partial charge is 0.407 e. The monoisotopic (exact) mass is 233 g/mol. The van der Waals surface area contributed by atoms with Crippen LogP contribution in [-0.4, -0.2) is 52.2 Å². The zero-order valence-electron chi connectivity index (χ0n) is 9.54. The van der Waals surface area contributed by atoms with Gasteiger partial charge in [0.2, 0.25) is 0 Å². The highest BCUT2D eigenvalue weighted by Crippen LogP contribution is 2.40. The highest BCUT2D eigenvalue weighted by Gasteiger charge is 2.52. The van der Waals surface area contributed by atoms with Crippen LogP contribution in [0.3, 0.4) is 0 Å². The van der Waals surface area contributed by atoms with E-state index >= 15 is 0 Å². The van der Waals surface area contributed by atoms with Crippen LogP contribution in [0, 0.1) is 5.41 Å². The van der Waals surface area contributed by atoms with E-state index in [0.29, 0.717) is 13.1 Å². The van der Waals surface area contributed by atoms with Gasteiger partial charge in [-0.25, -0.2) is 4.79 Å². The second kappa shape index (κ2) is 3.70. The Morgan fingerprint density at radius 3 is 2.53 bits per heavy atom. The zero-order chi connectivity index (χ0) is 11.9. The SMILES string of the molecule is O=C(O)N1CC2(CN(Cc3ccncc3)C2)C1. The summed E-state index contributed by atoms with van der Waals surface area (Å²) in [5.74, 6) is 0. The first-order valence-corrected chi connectivity index (χ1v) is 5.76. The Morgan fingerprint density at radius 1 is 1.29 bits per heavy atom. The van der Waals surface area contributed by atoms with Crippen molar-refractivity contribution >= 4 is 6.09 Å². The maximum atomic E-state index is 10.7. The van der Waals surface area contributed by atoms with Gasteiger partial charge in [-0.15, -0.1) is 0 Å². The van der Waals surface area contributed by atoms with Gasteiger partial charge in [-0.05, 0) is 17.7 Å². The van der Waals surface area contributed by atoms with Gasteiger partial charge in [-0.2, -0.15) is 0 Å². The fourth-order valence-corrected chi connectivity index (χ4v) is 2.86. The van der Waals surface area contributed by atoms with E-state index in [1.165, 1.54) is 10.5 Å². The van der Waals surface area contributed by atoms with Crippen LogP contribution in [0.2, 0.25) is 0 Å². The van der Waals surface area contributed by atoms with Gasteiger partial charge in [0.25, 0.3) is 0 Å². The number of nitrogens with zero attached hydrogens (tertiary/aromatic N) is 3. The number of amides is 1. The number of rotatable bonds is 2. The van der Waals surface area contributed by atoms with Crippen LogP contribution >= 0.6 is 0 Å². The Kier molecular flexibility index (Phi) is 2.29. The van der Waals surface area contributed by atoms with Crippen molar-refractivity contribution in [2.24, 2.45) is 5.41 Å². The molecule has 0 aliphatic carbocycles. The number of likely N-dealkylation sites (tertiary alicyclic amines) is 2. The van der Waals surface area contributed by atoms with Crippen LogP contribution in [-0.2, 0) is 6.54 Å². The summed E-state index contributed by atoms with van der Waals surface area (Å²) in [6.07, 6.45) is 2.82. The first kappa shape index (κ1) is 10.5. The van der Waals surface area contributed by atoms with Crippen molar-refractivity contribution in [1.82, 2.24) is 14.8 Å². The summed E-state index contributed by atoms with van der Waals surface area (Å²) in [7, 11) is 0. The Hall–Kier alpha value is -1.62. The third-order valence-electron chi connectivity index (χ3n) is 3.60.